The molecule has 0 aromatic carbocycles. The summed E-state index contributed by atoms with van der Waals surface area (Å²) in [5.41, 5.74) is 0. The summed E-state index contributed by atoms with van der Waals surface area (Å²) in [6, 6.07) is 0. The van der Waals surface area contributed by atoms with Crippen LogP contribution in [0.3, 0.4) is 0 Å². The molecule has 2 heterocycles. The zero-order chi connectivity index (χ0) is 6.97. The lowest BCUT2D eigenvalue weighted by Gasteiger charge is -1.99. The number of anilines is 2. The van der Waals surface area contributed by atoms with Crippen molar-refractivity contribution in [1.82, 2.24) is 9.97 Å². The van der Waals surface area contributed by atoms with E-state index in [0.717, 1.165) is 0 Å². The summed E-state index contributed by atoms with van der Waals surface area (Å²) in [5, 5.41) is 14.3. The molecule has 0 saturated carbocycles. The molecule has 0 radical (unpaired) electrons. The number of aliphatic hydroxyl groups excluding tert-OH is 1. The van der Waals surface area contributed by atoms with E-state index in [4.69, 9.17) is 5.11 Å². The van der Waals surface area contributed by atoms with Gasteiger partial charge in [-0.2, -0.15) is 0 Å². The van der Waals surface area contributed by atoms with E-state index in [1.807, 2.05) is 0 Å². The van der Waals surface area contributed by atoms with Crippen molar-refractivity contribution in [3.8, 4) is 0 Å². The van der Waals surface area contributed by atoms with Crippen LogP contribution < -0.4 is 10.6 Å². The van der Waals surface area contributed by atoms with Gasteiger partial charge in [0.15, 0.2) is 11.6 Å². The molecule has 0 saturated heterocycles. The quantitative estimate of drug-likeness (QED) is 0.454. The second kappa shape index (κ2) is 1.81. The number of fused-ring (bicyclic) bond motifs is 1. The van der Waals surface area contributed by atoms with Crippen LogP contribution in [0.5, 0.6) is 0 Å². The van der Waals surface area contributed by atoms with Gasteiger partial charge in [-0.25, -0.2) is 9.97 Å². The Kier molecular flexibility index (Phi) is 0.983. The summed E-state index contributed by atoms with van der Waals surface area (Å²) in [5.74, 6) is 1.19. The van der Waals surface area contributed by atoms with E-state index in [-0.39, 0.29) is 0 Å². The Balaban J connectivity index is 2.42. The molecule has 1 aromatic rings. The van der Waals surface area contributed by atoms with Gasteiger partial charge < -0.3 is 15.7 Å². The molecule has 0 unspecified atom stereocenters. The first-order chi connectivity index (χ1) is 4.86. The molecule has 10 heavy (non-hydrogen) atoms. The number of hydrogen-bond donors (Lipinski definition) is 3. The van der Waals surface area contributed by atoms with Crippen molar-refractivity contribution in [3.63, 3.8) is 0 Å². The van der Waals surface area contributed by atoms with Crippen LogP contribution in [-0.2, 0) is 0 Å². The molecule has 0 aliphatic carbocycles. The Morgan fingerprint density at radius 1 is 1.20 bits per heavy atom. The van der Waals surface area contributed by atoms with E-state index in [0.29, 0.717) is 11.6 Å². The lowest BCUT2D eigenvalue weighted by molar-refractivity contribution is 0.237. The van der Waals surface area contributed by atoms with Crippen molar-refractivity contribution in [2.24, 2.45) is 0 Å². The van der Waals surface area contributed by atoms with E-state index in [1.54, 1.807) is 12.4 Å². The summed E-state index contributed by atoms with van der Waals surface area (Å²) in [6.07, 6.45) is 2.37. The number of nitrogens with zero attached hydrogens (tertiary/aromatic N) is 2. The van der Waals surface area contributed by atoms with Crippen LogP contribution in [0.4, 0.5) is 11.6 Å². The average molecular weight is 138 g/mol. The Morgan fingerprint density at radius 3 is 2.20 bits per heavy atom. The van der Waals surface area contributed by atoms with Crippen LogP contribution in [0.1, 0.15) is 0 Å². The highest BCUT2D eigenvalue weighted by Crippen LogP contribution is 2.20. The van der Waals surface area contributed by atoms with E-state index >= 15 is 0 Å². The van der Waals surface area contributed by atoms with Crippen LogP contribution in [0.2, 0.25) is 0 Å². The maximum atomic E-state index is 8.95. The molecule has 1 aromatic heterocycles. The Labute approximate surface area is 57.1 Å². The fourth-order valence-electron chi connectivity index (χ4n) is 0.844. The van der Waals surface area contributed by atoms with Gasteiger partial charge in [-0.15, -0.1) is 0 Å². The average Bonchev–Trinajstić information content (AvgIpc) is 2.27. The molecule has 0 atom stereocenters. The van der Waals surface area contributed by atoms with Gasteiger partial charge in [-0.1, -0.05) is 0 Å². The molecule has 0 fully saturated rings. The number of hydrogen-bond acceptors (Lipinski definition) is 5. The van der Waals surface area contributed by atoms with Gasteiger partial charge in [0, 0.05) is 12.4 Å². The number of aromatic nitrogens is 2. The lowest BCUT2D eigenvalue weighted by Crippen LogP contribution is -2.20. The van der Waals surface area contributed by atoms with Crippen LogP contribution in [-0.4, -0.2) is 21.4 Å². The smallest absolute Gasteiger partial charge is 0.205 e. The van der Waals surface area contributed by atoms with E-state index in [2.05, 4.69) is 20.6 Å². The maximum absolute atomic E-state index is 8.95. The van der Waals surface area contributed by atoms with Gasteiger partial charge in [0.05, 0.1) is 0 Å². The molecule has 3 N–H and O–H groups in total. The van der Waals surface area contributed by atoms with Gasteiger partial charge >= 0.3 is 0 Å². The molecule has 5 heteroatoms. The predicted octanol–water partition coefficient (Wildman–Crippen LogP) is -0.410. The van der Waals surface area contributed by atoms with Gasteiger partial charge in [-0.05, 0) is 0 Å². The van der Waals surface area contributed by atoms with Crippen molar-refractivity contribution in [1.29, 1.82) is 0 Å². The summed E-state index contributed by atoms with van der Waals surface area (Å²) in [6.45, 7) is 0. The first-order valence-electron chi connectivity index (χ1n) is 2.88. The van der Waals surface area contributed by atoms with Crippen LogP contribution >= 0.6 is 0 Å². The minimum absolute atomic E-state index is 0.593. The third-order valence-electron chi connectivity index (χ3n) is 1.25. The highest BCUT2D eigenvalue weighted by atomic mass is 16.3. The molecule has 52 valence electrons. The second-order valence-corrected chi connectivity index (χ2v) is 1.94. The van der Waals surface area contributed by atoms with Gasteiger partial charge in [0.25, 0.3) is 0 Å². The summed E-state index contributed by atoms with van der Waals surface area (Å²) in [4.78, 5) is 7.83. The highest BCUT2D eigenvalue weighted by Gasteiger charge is 2.17. The number of nitrogens with one attached hydrogen (secondary N) is 2. The van der Waals surface area contributed by atoms with E-state index < -0.39 is 6.35 Å². The Hall–Kier alpha value is -1.36. The van der Waals surface area contributed by atoms with Crippen LogP contribution in [0.15, 0.2) is 12.4 Å². The molecule has 5 nitrogen and oxygen atoms in total. The summed E-state index contributed by atoms with van der Waals surface area (Å²) < 4.78 is 0. The second-order valence-electron chi connectivity index (χ2n) is 1.94. The fourth-order valence-corrected chi connectivity index (χ4v) is 0.844. The van der Waals surface area contributed by atoms with E-state index in [9.17, 15) is 0 Å². The van der Waals surface area contributed by atoms with Crippen molar-refractivity contribution >= 4 is 11.6 Å². The number of aliphatic hydroxyl groups is 1. The SMILES string of the molecule is OC1Nc2nccnc2N1. The summed E-state index contributed by atoms with van der Waals surface area (Å²) >= 11 is 0. The van der Waals surface area contributed by atoms with Gasteiger partial charge in [0.2, 0.25) is 6.35 Å². The largest absolute Gasteiger partial charge is 0.356 e. The molecular weight excluding hydrogens is 132 g/mol. The van der Waals surface area contributed by atoms with Crippen molar-refractivity contribution in [3.05, 3.63) is 12.4 Å². The van der Waals surface area contributed by atoms with E-state index in [1.165, 1.54) is 0 Å². The monoisotopic (exact) mass is 138 g/mol. The lowest BCUT2D eigenvalue weighted by atomic mass is 10.6. The van der Waals surface area contributed by atoms with Crippen molar-refractivity contribution in [2.75, 3.05) is 10.6 Å². The van der Waals surface area contributed by atoms with Crippen molar-refractivity contribution in [2.45, 2.75) is 6.35 Å². The van der Waals surface area contributed by atoms with Crippen LogP contribution in [0, 0.1) is 0 Å². The molecule has 0 amide bonds. The van der Waals surface area contributed by atoms with Gasteiger partial charge in [-0.3, -0.25) is 0 Å². The first kappa shape index (κ1) is 5.43. The Morgan fingerprint density at radius 2 is 1.70 bits per heavy atom. The van der Waals surface area contributed by atoms with Gasteiger partial charge in [0.1, 0.15) is 0 Å². The fraction of sp³-hybridized carbons (Fsp3) is 0.200. The van der Waals surface area contributed by atoms with Crippen LogP contribution in [0.25, 0.3) is 0 Å². The third-order valence-corrected chi connectivity index (χ3v) is 1.25. The van der Waals surface area contributed by atoms with Crippen molar-refractivity contribution < 1.29 is 5.11 Å². The number of rotatable bonds is 0. The first-order valence-corrected chi connectivity index (χ1v) is 2.88. The minimum Gasteiger partial charge on any atom is -0.356 e. The maximum Gasteiger partial charge on any atom is 0.205 e. The normalized spacial score (nSPS) is 15.7. The topological polar surface area (TPSA) is 70.1 Å². The zero-order valence-electron chi connectivity index (χ0n) is 5.07. The predicted molar refractivity (Wildman–Crippen MR) is 35.3 cm³/mol. The molecule has 1 aliphatic heterocycles. The molecule has 0 spiro atoms. The third kappa shape index (κ3) is 0.679. The Bertz CT molecular complexity index is 226. The molecule has 2 rings (SSSR count). The molecular formula is C5H6N4O. The molecule has 1 aliphatic rings. The highest BCUT2D eigenvalue weighted by molar-refractivity contribution is 5.64. The summed E-state index contributed by atoms with van der Waals surface area (Å²) in [7, 11) is 0. The minimum atomic E-state index is -0.752. The standard InChI is InChI=1S/C5H6N4O/c10-5-8-3-4(9-5)7-2-1-6-3/h1-2,5,10H,(H,6,8)(H,7,9). The molecule has 0 bridgehead atoms. The zero-order valence-corrected chi connectivity index (χ0v) is 5.07.